The minimum absolute atomic E-state index is 0.244. The molecule has 0 bridgehead atoms. The van der Waals surface area contributed by atoms with Crippen LogP contribution in [0.4, 0.5) is 0 Å². The second kappa shape index (κ2) is 8.34. The lowest BCUT2D eigenvalue weighted by Gasteiger charge is -2.35. The number of hydrogen-bond acceptors (Lipinski definition) is 5. The fraction of sp³-hybridized carbons (Fsp3) is 0.292. The van der Waals surface area contributed by atoms with Gasteiger partial charge >= 0.3 is 0 Å². The number of nitrogens with zero attached hydrogens (tertiary/aromatic N) is 4. The van der Waals surface area contributed by atoms with Crippen molar-refractivity contribution in [3.8, 4) is 0 Å². The number of nitrogens with two attached hydrogens (primary N) is 1. The van der Waals surface area contributed by atoms with E-state index in [4.69, 9.17) is 15.7 Å². The minimum Gasteiger partial charge on any atom is -0.341 e. The molecule has 0 amide bonds. The fourth-order valence-corrected chi connectivity index (χ4v) is 4.51. The van der Waals surface area contributed by atoms with Gasteiger partial charge in [0.25, 0.3) is 0 Å². The lowest BCUT2D eigenvalue weighted by molar-refractivity contribution is 0.153. The predicted octanol–water partition coefficient (Wildman–Crippen LogP) is 3.89. The van der Waals surface area contributed by atoms with Crippen LogP contribution in [0.1, 0.15) is 47.1 Å². The maximum atomic E-state index is 6.01. The quantitative estimate of drug-likeness (QED) is 0.515. The van der Waals surface area contributed by atoms with Gasteiger partial charge in [-0.2, -0.15) is 0 Å². The van der Waals surface area contributed by atoms with Crippen LogP contribution in [0.15, 0.2) is 61.1 Å². The van der Waals surface area contributed by atoms with Crippen LogP contribution in [-0.4, -0.2) is 24.8 Å². The van der Waals surface area contributed by atoms with Crippen LogP contribution >= 0.6 is 0 Å². The molecule has 1 aromatic carbocycles. The zero-order valence-corrected chi connectivity index (χ0v) is 17.0. The predicted molar refractivity (Wildman–Crippen MR) is 117 cm³/mol. The Bertz CT molecular complexity index is 1120. The largest absolute Gasteiger partial charge is 0.341 e. The molecule has 5 rings (SSSR count). The Kier molecular flexibility index (Phi) is 5.26. The number of benzene rings is 1. The summed E-state index contributed by atoms with van der Waals surface area (Å²) in [7, 11) is 0. The van der Waals surface area contributed by atoms with E-state index in [1.54, 1.807) is 0 Å². The average Bonchev–Trinajstić information content (AvgIpc) is 3.21. The number of aromatic nitrogens is 4. The van der Waals surface area contributed by atoms with Crippen molar-refractivity contribution in [2.45, 2.75) is 44.9 Å². The van der Waals surface area contributed by atoms with E-state index in [1.165, 1.54) is 16.8 Å². The first-order valence-corrected chi connectivity index (χ1v) is 10.5. The van der Waals surface area contributed by atoms with E-state index in [9.17, 15) is 0 Å². The number of nitrogens with one attached hydrogen (secondary N) is 1. The van der Waals surface area contributed by atoms with Crippen molar-refractivity contribution >= 4 is 11.0 Å². The number of pyridine rings is 2. The molecule has 0 saturated heterocycles. The first kappa shape index (κ1) is 18.9. The average molecular weight is 399 g/mol. The second-order valence-corrected chi connectivity index (χ2v) is 7.91. The third-order valence-corrected chi connectivity index (χ3v) is 6.00. The molecule has 6 heteroatoms. The summed E-state index contributed by atoms with van der Waals surface area (Å²) in [6, 6.07) is 14.7. The summed E-state index contributed by atoms with van der Waals surface area (Å²) in [4.78, 5) is 19.9. The van der Waals surface area contributed by atoms with Crippen LogP contribution < -0.4 is 5.73 Å². The summed E-state index contributed by atoms with van der Waals surface area (Å²) in [5.41, 5.74) is 12.9. The molecule has 1 aliphatic carbocycles. The number of H-pyrrole nitrogens is 1. The van der Waals surface area contributed by atoms with Gasteiger partial charge in [-0.3, -0.25) is 14.9 Å². The Morgan fingerprint density at radius 2 is 1.97 bits per heavy atom. The molecular weight excluding hydrogens is 372 g/mol. The molecule has 0 fully saturated rings. The number of rotatable bonds is 6. The number of imidazole rings is 1. The standard InChI is InChI=1S/C24H26N6/c25-13-18-10-12-26-14-19(18)15-30(16-23-28-20-7-1-2-8-21(20)29-23)22-9-3-5-17-6-4-11-27-24(17)22/h1-2,4,6-8,10-12,14,22H,3,5,9,13,15-16,25H2,(H,28,29). The van der Waals surface area contributed by atoms with Gasteiger partial charge in [0.1, 0.15) is 5.82 Å². The van der Waals surface area contributed by atoms with Crippen LogP contribution in [0.25, 0.3) is 11.0 Å². The third kappa shape index (κ3) is 3.72. The van der Waals surface area contributed by atoms with E-state index in [1.807, 2.05) is 48.9 Å². The normalized spacial score (nSPS) is 16.1. The van der Waals surface area contributed by atoms with Crippen molar-refractivity contribution in [1.29, 1.82) is 0 Å². The molecular formula is C24H26N6. The van der Waals surface area contributed by atoms with E-state index >= 15 is 0 Å². The summed E-state index contributed by atoms with van der Waals surface area (Å²) >= 11 is 0. The Balaban J connectivity index is 1.52. The lowest BCUT2D eigenvalue weighted by Crippen LogP contribution is -2.32. The first-order valence-electron chi connectivity index (χ1n) is 10.5. The number of fused-ring (bicyclic) bond motifs is 2. The van der Waals surface area contributed by atoms with Gasteiger partial charge < -0.3 is 10.7 Å². The van der Waals surface area contributed by atoms with E-state index in [2.05, 4.69) is 27.0 Å². The minimum atomic E-state index is 0.244. The number of para-hydroxylation sites is 2. The summed E-state index contributed by atoms with van der Waals surface area (Å²) in [6.45, 7) is 1.99. The molecule has 1 unspecified atom stereocenters. The van der Waals surface area contributed by atoms with E-state index in [0.717, 1.165) is 48.2 Å². The van der Waals surface area contributed by atoms with Crippen LogP contribution in [0.3, 0.4) is 0 Å². The van der Waals surface area contributed by atoms with Crippen molar-refractivity contribution in [3.63, 3.8) is 0 Å². The van der Waals surface area contributed by atoms with E-state index in [0.29, 0.717) is 13.1 Å². The maximum absolute atomic E-state index is 6.01. The molecule has 0 saturated carbocycles. The summed E-state index contributed by atoms with van der Waals surface area (Å²) in [6.07, 6.45) is 9.01. The van der Waals surface area contributed by atoms with Crippen LogP contribution in [0, 0.1) is 0 Å². The van der Waals surface area contributed by atoms with Crippen LogP contribution in [-0.2, 0) is 26.1 Å². The summed E-state index contributed by atoms with van der Waals surface area (Å²) in [5.74, 6) is 0.970. The molecule has 30 heavy (non-hydrogen) atoms. The second-order valence-electron chi connectivity index (χ2n) is 7.91. The topological polar surface area (TPSA) is 83.7 Å². The molecule has 0 spiro atoms. The van der Waals surface area contributed by atoms with Crippen molar-refractivity contribution in [2.75, 3.05) is 0 Å². The SMILES string of the molecule is NCc1ccncc1CN(Cc1nc2ccccc2[nH]1)C1CCCc2cccnc21. The van der Waals surface area contributed by atoms with E-state index in [-0.39, 0.29) is 6.04 Å². The highest BCUT2D eigenvalue weighted by Crippen LogP contribution is 2.35. The lowest BCUT2D eigenvalue weighted by atomic mass is 9.90. The van der Waals surface area contributed by atoms with Gasteiger partial charge in [0.15, 0.2) is 0 Å². The number of aryl methyl sites for hydroxylation is 1. The Morgan fingerprint density at radius 1 is 1.03 bits per heavy atom. The van der Waals surface area contributed by atoms with Crippen molar-refractivity contribution < 1.29 is 0 Å². The molecule has 4 aromatic rings. The van der Waals surface area contributed by atoms with Gasteiger partial charge in [-0.05, 0) is 60.2 Å². The highest BCUT2D eigenvalue weighted by atomic mass is 15.2. The molecule has 6 nitrogen and oxygen atoms in total. The van der Waals surface area contributed by atoms with E-state index < -0.39 is 0 Å². The molecule has 0 aliphatic heterocycles. The number of hydrogen-bond donors (Lipinski definition) is 2. The van der Waals surface area contributed by atoms with Crippen molar-refractivity contribution in [3.05, 3.63) is 89.3 Å². The Morgan fingerprint density at radius 3 is 2.87 bits per heavy atom. The molecule has 0 radical (unpaired) electrons. The van der Waals surface area contributed by atoms with Crippen LogP contribution in [0.2, 0.25) is 0 Å². The van der Waals surface area contributed by atoms with Crippen molar-refractivity contribution in [2.24, 2.45) is 5.73 Å². The Hall–Kier alpha value is -3.09. The van der Waals surface area contributed by atoms with Gasteiger partial charge in [-0.15, -0.1) is 0 Å². The van der Waals surface area contributed by atoms with Gasteiger partial charge in [0.05, 0.1) is 29.3 Å². The molecule has 3 heterocycles. The van der Waals surface area contributed by atoms with Crippen LogP contribution in [0.5, 0.6) is 0 Å². The molecule has 1 atom stereocenters. The number of aromatic amines is 1. The molecule has 3 N–H and O–H groups in total. The monoisotopic (exact) mass is 398 g/mol. The summed E-state index contributed by atoms with van der Waals surface area (Å²) < 4.78 is 0. The van der Waals surface area contributed by atoms with Gasteiger partial charge in [0.2, 0.25) is 0 Å². The zero-order valence-electron chi connectivity index (χ0n) is 17.0. The third-order valence-electron chi connectivity index (χ3n) is 6.00. The fourth-order valence-electron chi connectivity index (χ4n) is 4.51. The molecule has 3 aromatic heterocycles. The highest BCUT2D eigenvalue weighted by Gasteiger charge is 2.28. The maximum Gasteiger partial charge on any atom is 0.121 e. The summed E-state index contributed by atoms with van der Waals surface area (Å²) in [5, 5.41) is 0. The van der Waals surface area contributed by atoms with Gasteiger partial charge in [-0.1, -0.05) is 18.2 Å². The Labute approximate surface area is 176 Å². The smallest absolute Gasteiger partial charge is 0.121 e. The van der Waals surface area contributed by atoms with Gasteiger partial charge in [0, 0.05) is 31.7 Å². The van der Waals surface area contributed by atoms with Crippen molar-refractivity contribution in [1.82, 2.24) is 24.8 Å². The molecule has 152 valence electrons. The highest BCUT2D eigenvalue weighted by molar-refractivity contribution is 5.74. The first-order chi connectivity index (χ1) is 14.8. The molecule has 1 aliphatic rings. The zero-order chi connectivity index (χ0) is 20.3. The van der Waals surface area contributed by atoms with Gasteiger partial charge in [-0.25, -0.2) is 4.98 Å².